The van der Waals surface area contributed by atoms with Gasteiger partial charge < -0.3 is 19.9 Å². The normalized spacial score (nSPS) is 15.6. The maximum absolute atomic E-state index is 11.8. The topological polar surface area (TPSA) is 84.9 Å². The molecule has 2 N–H and O–H groups in total. The van der Waals surface area contributed by atoms with Crippen molar-refractivity contribution in [3.63, 3.8) is 0 Å². The Morgan fingerprint density at radius 1 is 1.26 bits per heavy atom. The van der Waals surface area contributed by atoms with Crippen LogP contribution in [0.15, 0.2) is 24.3 Å². The second kappa shape index (κ2) is 6.89. The summed E-state index contributed by atoms with van der Waals surface area (Å²) in [6.07, 6.45) is 1.65. The number of benzene rings is 1. The molecule has 2 rings (SSSR count). The minimum absolute atomic E-state index is 0.460. The van der Waals surface area contributed by atoms with Crippen LogP contribution in [0, 0.1) is 5.92 Å². The van der Waals surface area contributed by atoms with Gasteiger partial charge in [0.05, 0.1) is 6.61 Å². The molecule has 0 aromatic heterocycles. The molecule has 126 valence electrons. The molecule has 23 heavy (non-hydrogen) atoms. The van der Waals surface area contributed by atoms with Crippen molar-refractivity contribution < 1.29 is 24.2 Å². The van der Waals surface area contributed by atoms with Gasteiger partial charge in [-0.25, -0.2) is 9.59 Å². The van der Waals surface area contributed by atoms with Gasteiger partial charge in [-0.3, -0.25) is 0 Å². The van der Waals surface area contributed by atoms with Crippen LogP contribution in [0.1, 0.15) is 45.2 Å². The SMILES string of the molecule is CC(C)(C)OC(=O)N[C@@H](C(=O)O)c1ccc(OCC2CC2)cc1. The molecule has 0 spiro atoms. The predicted molar refractivity (Wildman–Crippen MR) is 84.4 cm³/mol. The van der Waals surface area contributed by atoms with Crippen molar-refractivity contribution >= 4 is 12.1 Å². The number of rotatable bonds is 6. The average molecular weight is 321 g/mol. The minimum atomic E-state index is -1.16. The number of hydrogen-bond donors (Lipinski definition) is 2. The first-order valence-corrected chi connectivity index (χ1v) is 7.70. The lowest BCUT2D eigenvalue weighted by molar-refractivity contribution is -0.139. The lowest BCUT2D eigenvalue weighted by atomic mass is 10.1. The molecule has 0 aliphatic heterocycles. The summed E-state index contributed by atoms with van der Waals surface area (Å²) in [4.78, 5) is 23.2. The van der Waals surface area contributed by atoms with Gasteiger partial charge in [0.1, 0.15) is 11.4 Å². The van der Waals surface area contributed by atoms with Crippen molar-refractivity contribution in [2.75, 3.05) is 6.61 Å². The molecule has 0 saturated heterocycles. The Hall–Kier alpha value is -2.24. The molecule has 6 nitrogen and oxygen atoms in total. The second-order valence-corrected chi connectivity index (χ2v) is 6.74. The van der Waals surface area contributed by atoms with Gasteiger partial charge in [-0.15, -0.1) is 0 Å². The standard InChI is InChI=1S/C17H23NO5/c1-17(2,3)23-16(21)18-14(15(19)20)12-6-8-13(9-7-12)22-10-11-4-5-11/h6-9,11,14H,4-5,10H2,1-3H3,(H,18,21)(H,19,20)/t14-/m1/s1. The Balaban J connectivity index is 1.98. The van der Waals surface area contributed by atoms with Crippen molar-refractivity contribution in [1.82, 2.24) is 5.32 Å². The second-order valence-electron chi connectivity index (χ2n) is 6.74. The highest BCUT2D eigenvalue weighted by molar-refractivity contribution is 5.81. The molecule has 1 amide bonds. The zero-order valence-corrected chi connectivity index (χ0v) is 13.7. The average Bonchev–Trinajstić information content (AvgIpc) is 3.25. The first kappa shape index (κ1) is 17.1. The number of ether oxygens (including phenoxy) is 2. The fourth-order valence-corrected chi connectivity index (χ4v) is 1.97. The maximum atomic E-state index is 11.8. The molecular formula is C17H23NO5. The molecule has 6 heteroatoms. The van der Waals surface area contributed by atoms with E-state index in [1.165, 1.54) is 12.8 Å². The number of aliphatic carboxylic acids is 1. The Kier molecular flexibility index (Phi) is 5.13. The van der Waals surface area contributed by atoms with Crippen LogP contribution in [0.5, 0.6) is 5.75 Å². The summed E-state index contributed by atoms with van der Waals surface area (Å²) in [6.45, 7) is 5.84. The van der Waals surface area contributed by atoms with Crippen LogP contribution < -0.4 is 10.1 Å². The number of hydrogen-bond acceptors (Lipinski definition) is 4. The van der Waals surface area contributed by atoms with Crippen LogP contribution in [0.3, 0.4) is 0 Å². The molecule has 0 radical (unpaired) electrons. The number of nitrogens with one attached hydrogen (secondary N) is 1. The van der Waals surface area contributed by atoms with Crippen LogP contribution in [-0.4, -0.2) is 29.4 Å². The van der Waals surface area contributed by atoms with E-state index in [1.54, 1.807) is 45.0 Å². The molecule has 1 fully saturated rings. The van der Waals surface area contributed by atoms with Gasteiger partial charge in [0, 0.05) is 0 Å². The summed E-state index contributed by atoms with van der Waals surface area (Å²) in [5.41, 5.74) is -0.227. The van der Waals surface area contributed by atoms with E-state index in [-0.39, 0.29) is 0 Å². The number of carboxylic acids is 1. The van der Waals surface area contributed by atoms with Crippen LogP contribution in [0.2, 0.25) is 0 Å². The third-order valence-electron chi connectivity index (χ3n) is 3.30. The summed E-state index contributed by atoms with van der Waals surface area (Å²) in [5.74, 6) is 0.194. The van der Waals surface area contributed by atoms with Crippen molar-refractivity contribution in [3.05, 3.63) is 29.8 Å². The molecule has 1 aliphatic rings. The van der Waals surface area contributed by atoms with E-state index >= 15 is 0 Å². The smallest absolute Gasteiger partial charge is 0.408 e. The monoisotopic (exact) mass is 321 g/mol. The first-order valence-electron chi connectivity index (χ1n) is 7.70. The molecular weight excluding hydrogens is 298 g/mol. The van der Waals surface area contributed by atoms with E-state index in [2.05, 4.69) is 5.32 Å². The van der Waals surface area contributed by atoms with Crippen LogP contribution in [-0.2, 0) is 9.53 Å². The van der Waals surface area contributed by atoms with Gasteiger partial charge >= 0.3 is 12.1 Å². The van der Waals surface area contributed by atoms with Crippen molar-refractivity contribution in [1.29, 1.82) is 0 Å². The van der Waals surface area contributed by atoms with E-state index in [9.17, 15) is 14.7 Å². The highest BCUT2D eigenvalue weighted by atomic mass is 16.6. The molecule has 1 atom stereocenters. The molecule has 1 aromatic rings. The Morgan fingerprint density at radius 2 is 1.87 bits per heavy atom. The van der Waals surface area contributed by atoms with Gasteiger partial charge in [0.25, 0.3) is 0 Å². The van der Waals surface area contributed by atoms with Crippen LogP contribution in [0.25, 0.3) is 0 Å². The van der Waals surface area contributed by atoms with Crippen LogP contribution in [0.4, 0.5) is 4.79 Å². The molecule has 0 heterocycles. The molecule has 1 saturated carbocycles. The number of carbonyl (C=O) groups excluding carboxylic acids is 1. The predicted octanol–water partition coefficient (Wildman–Crippen LogP) is 3.13. The van der Waals surface area contributed by atoms with E-state index in [1.807, 2.05) is 0 Å². The number of carbonyl (C=O) groups is 2. The highest BCUT2D eigenvalue weighted by Gasteiger charge is 2.26. The summed E-state index contributed by atoms with van der Waals surface area (Å²) in [6, 6.07) is 5.54. The molecule has 1 aliphatic carbocycles. The summed E-state index contributed by atoms with van der Waals surface area (Å²) in [5, 5.41) is 11.7. The zero-order valence-electron chi connectivity index (χ0n) is 13.7. The van der Waals surface area contributed by atoms with E-state index in [0.717, 1.165) is 0 Å². The summed E-state index contributed by atoms with van der Waals surface area (Å²) < 4.78 is 10.7. The molecule has 0 bridgehead atoms. The molecule has 1 aromatic carbocycles. The third-order valence-corrected chi connectivity index (χ3v) is 3.30. The lowest BCUT2D eigenvalue weighted by Crippen LogP contribution is -2.38. The fraction of sp³-hybridized carbons (Fsp3) is 0.529. The number of amides is 1. The van der Waals surface area contributed by atoms with Crippen molar-refractivity contribution in [3.8, 4) is 5.75 Å². The van der Waals surface area contributed by atoms with Gasteiger partial charge in [-0.2, -0.15) is 0 Å². The molecule has 0 unspecified atom stereocenters. The highest BCUT2D eigenvalue weighted by Crippen LogP contribution is 2.29. The summed E-state index contributed by atoms with van der Waals surface area (Å²) in [7, 11) is 0. The van der Waals surface area contributed by atoms with E-state index in [0.29, 0.717) is 23.8 Å². The van der Waals surface area contributed by atoms with E-state index in [4.69, 9.17) is 9.47 Å². The van der Waals surface area contributed by atoms with Gasteiger partial charge in [-0.1, -0.05) is 12.1 Å². The first-order chi connectivity index (χ1) is 10.7. The lowest BCUT2D eigenvalue weighted by Gasteiger charge is -2.22. The van der Waals surface area contributed by atoms with Crippen LogP contribution >= 0.6 is 0 Å². The van der Waals surface area contributed by atoms with Gasteiger partial charge in [-0.05, 0) is 57.2 Å². The van der Waals surface area contributed by atoms with E-state index < -0.39 is 23.7 Å². The Morgan fingerprint density at radius 3 is 2.35 bits per heavy atom. The maximum Gasteiger partial charge on any atom is 0.408 e. The zero-order chi connectivity index (χ0) is 17.0. The Labute approximate surface area is 135 Å². The minimum Gasteiger partial charge on any atom is -0.493 e. The van der Waals surface area contributed by atoms with Crippen molar-refractivity contribution in [2.24, 2.45) is 5.92 Å². The van der Waals surface area contributed by atoms with Gasteiger partial charge in [0.2, 0.25) is 0 Å². The number of alkyl carbamates (subject to hydrolysis) is 1. The fourth-order valence-electron chi connectivity index (χ4n) is 1.97. The quantitative estimate of drug-likeness (QED) is 0.841. The third kappa shape index (κ3) is 5.81. The number of carboxylic acid groups (broad SMARTS) is 1. The van der Waals surface area contributed by atoms with Gasteiger partial charge in [0.15, 0.2) is 6.04 Å². The van der Waals surface area contributed by atoms with Crippen molar-refractivity contribution in [2.45, 2.75) is 45.3 Å². The largest absolute Gasteiger partial charge is 0.493 e. The Bertz CT molecular complexity index is 557. The summed E-state index contributed by atoms with van der Waals surface area (Å²) >= 11 is 0.